The highest BCUT2D eigenvalue weighted by atomic mass is 19.4. The van der Waals surface area contributed by atoms with Gasteiger partial charge in [0, 0.05) is 6.42 Å². The molecule has 2 aliphatic rings. The van der Waals surface area contributed by atoms with E-state index in [9.17, 15) is 31.1 Å². The lowest BCUT2D eigenvalue weighted by Crippen LogP contribution is -2.37. The molecule has 1 aliphatic heterocycles. The van der Waals surface area contributed by atoms with E-state index >= 15 is 0 Å². The molecule has 4 rings (SSSR count). The van der Waals surface area contributed by atoms with Crippen molar-refractivity contribution in [1.82, 2.24) is 5.32 Å². The SMILES string of the molecule is CC1=C(C2C[C@@](C#COCc3cc(C(F)(F)F)cc(C(F)(F)F)c3)(c3ccccc3)NC2=O)C=CC(C)C1. The van der Waals surface area contributed by atoms with Crippen LogP contribution in [0.3, 0.4) is 0 Å². The molecule has 1 amide bonds. The van der Waals surface area contributed by atoms with Crippen LogP contribution in [0.4, 0.5) is 26.3 Å². The lowest BCUT2D eigenvalue weighted by Gasteiger charge is -2.24. The molecular weight excluding hydrogens is 508 g/mol. The van der Waals surface area contributed by atoms with Gasteiger partial charge in [-0.15, -0.1) is 0 Å². The minimum Gasteiger partial charge on any atom is -0.442 e. The van der Waals surface area contributed by atoms with Crippen molar-refractivity contribution in [3.05, 3.63) is 94.1 Å². The van der Waals surface area contributed by atoms with E-state index in [1.165, 1.54) is 0 Å². The van der Waals surface area contributed by atoms with Crippen molar-refractivity contribution in [2.75, 3.05) is 0 Å². The largest absolute Gasteiger partial charge is 0.442 e. The third kappa shape index (κ3) is 5.90. The predicted molar refractivity (Wildman–Crippen MR) is 129 cm³/mol. The summed E-state index contributed by atoms with van der Waals surface area (Å²) in [5.41, 5.74) is -1.60. The monoisotopic (exact) mass is 533 g/mol. The fourth-order valence-electron chi connectivity index (χ4n) is 4.90. The minimum absolute atomic E-state index is 0.0604. The average molecular weight is 534 g/mol. The van der Waals surface area contributed by atoms with E-state index in [4.69, 9.17) is 4.74 Å². The molecule has 9 heteroatoms. The van der Waals surface area contributed by atoms with Gasteiger partial charge in [-0.2, -0.15) is 26.3 Å². The molecule has 0 spiro atoms. The summed E-state index contributed by atoms with van der Waals surface area (Å²) in [5.74, 6) is 2.58. The van der Waals surface area contributed by atoms with Gasteiger partial charge in [0.2, 0.25) is 5.91 Å². The number of carbonyl (C=O) groups is 1. The molecule has 1 aliphatic carbocycles. The van der Waals surface area contributed by atoms with Crippen molar-refractivity contribution in [3.63, 3.8) is 0 Å². The van der Waals surface area contributed by atoms with E-state index in [1.54, 1.807) is 30.3 Å². The molecular formula is C29H25F6NO2. The summed E-state index contributed by atoms with van der Waals surface area (Å²) >= 11 is 0. The van der Waals surface area contributed by atoms with Crippen LogP contribution in [0.15, 0.2) is 71.8 Å². The minimum atomic E-state index is -4.96. The number of hydrogen-bond donors (Lipinski definition) is 1. The van der Waals surface area contributed by atoms with Crippen LogP contribution in [0.1, 0.15) is 48.9 Å². The molecule has 0 bridgehead atoms. The Kier molecular flexibility index (Phi) is 7.37. The first-order valence-electron chi connectivity index (χ1n) is 12.0. The lowest BCUT2D eigenvalue weighted by atomic mass is 9.80. The topological polar surface area (TPSA) is 38.3 Å². The van der Waals surface area contributed by atoms with E-state index in [1.807, 2.05) is 13.0 Å². The maximum atomic E-state index is 13.2. The molecule has 1 saturated heterocycles. The summed E-state index contributed by atoms with van der Waals surface area (Å²) in [7, 11) is 0. The molecule has 2 aromatic rings. The van der Waals surface area contributed by atoms with Gasteiger partial charge in [-0.05, 0) is 60.1 Å². The van der Waals surface area contributed by atoms with Crippen molar-refractivity contribution in [2.24, 2.45) is 11.8 Å². The molecule has 0 radical (unpaired) electrons. The summed E-state index contributed by atoms with van der Waals surface area (Å²) in [5, 5.41) is 2.96. The van der Waals surface area contributed by atoms with Crippen LogP contribution in [-0.4, -0.2) is 5.91 Å². The maximum absolute atomic E-state index is 13.2. The van der Waals surface area contributed by atoms with Crippen LogP contribution >= 0.6 is 0 Å². The van der Waals surface area contributed by atoms with Crippen LogP contribution in [0.25, 0.3) is 0 Å². The molecule has 2 unspecified atom stereocenters. The van der Waals surface area contributed by atoms with Gasteiger partial charge in [-0.25, -0.2) is 0 Å². The van der Waals surface area contributed by atoms with Gasteiger partial charge in [0.05, 0.1) is 17.0 Å². The first-order valence-corrected chi connectivity index (χ1v) is 12.0. The quantitative estimate of drug-likeness (QED) is 0.335. The average Bonchev–Trinajstić information content (AvgIpc) is 3.18. The summed E-state index contributed by atoms with van der Waals surface area (Å²) in [6.45, 7) is 3.47. The van der Waals surface area contributed by atoms with Crippen LogP contribution in [0.2, 0.25) is 0 Å². The zero-order chi connectivity index (χ0) is 27.7. The van der Waals surface area contributed by atoms with Crippen LogP contribution in [-0.2, 0) is 34.0 Å². The van der Waals surface area contributed by atoms with Crippen molar-refractivity contribution in [2.45, 2.75) is 51.2 Å². The van der Waals surface area contributed by atoms with Crippen molar-refractivity contribution in [1.29, 1.82) is 0 Å². The van der Waals surface area contributed by atoms with Gasteiger partial charge in [0.1, 0.15) is 18.3 Å². The Morgan fingerprint density at radius 2 is 1.66 bits per heavy atom. The van der Waals surface area contributed by atoms with Crippen molar-refractivity contribution < 1.29 is 35.9 Å². The number of carbonyl (C=O) groups excluding carboxylic acids is 1. The number of hydrogen-bond acceptors (Lipinski definition) is 2. The van der Waals surface area contributed by atoms with E-state index in [0.717, 1.165) is 17.6 Å². The Bertz CT molecular complexity index is 1300. The molecule has 0 saturated carbocycles. The van der Waals surface area contributed by atoms with E-state index in [0.29, 0.717) is 30.0 Å². The second-order valence-electron chi connectivity index (χ2n) is 9.72. The molecule has 38 heavy (non-hydrogen) atoms. The summed E-state index contributed by atoms with van der Waals surface area (Å²) < 4.78 is 84.2. The lowest BCUT2D eigenvalue weighted by molar-refractivity contribution is -0.143. The number of alkyl halides is 6. The molecule has 1 heterocycles. The van der Waals surface area contributed by atoms with Crippen molar-refractivity contribution >= 4 is 5.91 Å². The Balaban J connectivity index is 1.61. The van der Waals surface area contributed by atoms with E-state index in [-0.39, 0.29) is 17.5 Å². The van der Waals surface area contributed by atoms with E-state index < -0.39 is 41.5 Å². The molecule has 0 aromatic heterocycles. The standard InChI is InChI=1S/C29H25F6NO2/c1-18-8-9-24(19(2)12-18)25-16-27(36-26(25)37,21-6-4-3-5-7-21)10-11-38-17-20-13-22(28(30,31)32)15-23(14-20)29(33,34)35/h3-9,13-15,18,25H,12,16-17H2,1-2H3,(H,36,37)/t18?,25?,27-/m0/s1. The number of nitrogens with one attached hydrogen (secondary N) is 1. The summed E-state index contributed by atoms with van der Waals surface area (Å²) in [6, 6.07) is 10.2. The van der Waals surface area contributed by atoms with Gasteiger partial charge < -0.3 is 10.1 Å². The van der Waals surface area contributed by atoms with Crippen LogP contribution < -0.4 is 5.32 Å². The fraction of sp³-hybridized carbons (Fsp3) is 0.345. The molecule has 1 N–H and O–H groups in total. The number of ether oxygens (including phenoxy) is 1. The van der Waals surface area contributed by atoms with Gasteiger partial charge in [0.25, 0.3) is 0 Å². The Morgan fingerprint density at radius 1 is 1.03 bits per heavy atom. The molecule has 3 nitrogen and oxygen atoms in total. The van der Waals surface area contributed by atoms with Gasteiger partial charge in [-0.1, -0.05) is 55.0 Å². The smallest absolute Gasteiger partial charge is 0.416 e. The molecule has 2 aromatic carbocycles. The highest BCUT2D eigenvalue weighted by molar-refractivity contribution is 5.87. The number of halogens is 6. The molecule has 200 valence electrons. The fourth-order valence-corrected chi connectivity index (χ4v) is 4.90. The normalized spacial score (nSPS) is 23.6. The number of rotatable bonds is 4. The summed E-state index contributed by atoms with van der Waals surface area (Å²) in [6.07, 6.45) is -2.34. The van der Waals surface area contributed by atoms with Gasteiger partial charge in [-0.3, -0.25) is 4.79 Å². The molecule has 3 atom stereocenters. The van der Waals surface area contributed by atoms with Crippen LogP contribution in [0, 0.1) is 23.9 Å². The van der Waals surface area contributed by atoms with E-state index in [2.05, 4.69) is 30.3 Å². The van der Waals surface area contributed by atoms with Crippen LogP contribution in [0.5, 0.6) is 0 Å². The number of amides is 1. The van der Waals surface area contributed by atoms with Gasteiger partial charge in [0.15, 0.2) is 0 Å². The Hall–Kier alpha value is -3.67. The Morgan fingerprint density at radius 3 is 2.24 bits per heavy atom. The number of allylic oxidation sites excluding steroid dienone is 3. The second kappa shape index (κ2) is 10.2. The molecule has 1 fully saturated rings. The highest BCUT2D eigenvalue weighted by Crippen LogP contribution is 2.41. The maximum Gasteiger partial charge on any atom is 0.416 e. The summed E-state index contributed by atoms with van der Waals surface area (Å²) in [4.78, 5) is 13.1. The third-order valence-corrected chi connectivity index (χ3v) is 6.75. The van der Waals surface area contributed by atoms with Crippen molar-refractivity contribution in [3.8, 4) is 12.0 Å². The first kappa shape index (κ1) is 27.4. The zero-order valence-electron chi connectivity index (χ0n) is 20.6. The Labute approximate surface area is 216 Å². The first-order chi connectivity index (χ1) is 17.8. The predicted octanol–water partition coefficient (Wildman–Crippen LogP) is 7.15. The highest BCUT2D eigenvalue weighted by Gasteiger charge is 2.46. The zero-order valence-corrected chi connectivity index (χ0v) is 20.6. The number of benzene rings is 2. The van der Waals surface area contributed by atoms with Gasteiger partial charge >= 0.3 is 12.4 Å². The second-order valence-corrected chi connectivity index (χ2v) is 9.72. The third-order valence-electron chi connectivity index (χ3n) is 6.75.